The Morgan fingerprint density at radius 3 is 1.19 bits per heavy atom. The predicted molar refractivity (Wildman–Crippen MR) is 84.6 cm³/mol. The summed E-state index contributed by atoms with van der Waals surface area (Å²) in [5.74, 6) is -0.171. The van der Waals surface area contributed by atoms with Crippen molar-refractivity contribution < 1.29 is 5.11 Å². The van der Waals surface area contributed by atoms with E-state index in [1.54, 1.807) is 0 Å². The molecule has 3 aromatic rings. The van der Waals surface area contributed by atoms with Gasteiger partial charge < -0.3 is 0 Å². The number of rotatable bonds is 4. The van der Waals surface area contributed by atoms with Crippen LogP contribution in [0, 0.1) is 0 Å². The van der Waals surface area contributed by atoms with Crippen LogP contribution < -0.4 is 0 Å². The van der Waals surface area contributed by atoms with Gasteiger partial charge in [-0.25, -0.2) is 5.11 Å². The minimum atomic E-state index is -0.809. The molecule has 1 nitrogen and oxygen atoms in total. The van der Waals surface area contributed by atoms with Gasteiger partial charge in [-0.15, -0.1) is 0 Å². The Morgan fingerprint density at radius 1 is 0.476 bits per heavy atom. The zero-order chi connectivity index (χ0) is 14.5. The van der Waals surface area contributed by atoms with Gasteiger partial charge >= 0.3 is 0 Å². The largest absolute Gasteiger partial charge is 0.227 e. The van der Waals surface area contributed by atoms with Crippen molar-refractivity contribution in [2.75, 3.05) is 0 Å². The van der Waals surface area contributed by atoms with Gasteiger partial charge in [0.05, 0.1) is 0 Å². The quantitative estimate of drug-likeness (QED) is 0.638. The minimum Gasteiger partial charge on any atom is -0.227 e. The van der Waals surface area contributed by atoms with Crippen LogP contribution in [0.2, 0.25) is 0 Å². The van der Waals surface area contributed by atoms with E-state index in [1.807, 2.05) is 91.0 Å². The molecule has 0 heterocycles. The van der Waals surface area contributed by atoms with E-state index in [0.29, 0.717) is 0 Å². The average molecular weight is 273 g/mol. The van der Waals surface area contributed by atoms with Gasteiger partial charge in [-0.3, -0.25) is 0 Å². The monoisotopic (exact) mass is 273 g/mol. The van der Waals surface area contributed by atoms with Crippen LogP contribution in [0.4, 0.5) is 0 Å². The van der Waals surface area contributed by atoms with Gasteiger partial charge in [-0.1, -0.05) is 91.0 Å². The molecule has 1 unspecified atom stereocenters. The van der Waals surface area contributed by atoms with Crippen LogP contribution in [0.15, 0.2) is 91.0 Å². The lowest BCUT2D eigenvalue weighted by molar-refractivity contribution is 0.0743. The van der Waals surface area contributed by atoms with Crippen molar-refractivity contribution in [3.8, 4) is 0 Å². The average Bonchev–Trinajstić information content (AvgIpc) is 2.58. The highest BCUT2D eigenvalue weighted by Crippen LogP contribution is 2.36. The summed E-state index contributed by atoms with van der Waals surface area (Å²) in [4.78, 5) is 0. The fourth-order valence-corrected chi connectivity index (χ4v) is 2.70. The third-order valence-electron chi connectivity index (χ3n) is 3.75. The Bertz CT molecular complexity index is 622. The fraction of sp³-hybridized carbons (Fsp3) is 0.100. The third-order valence-corrected chi connectivity index (χ3v) is 3.75. The zero-order valence-corrected chi connectivity index (χ0v) is 11.7. The van der Waals surface area contributed by atoms with Crippen LogP contribution in [0.1, 0.15) is 28.7 Å². The Morgan fingerprint density at radius 2 is 0.810 bits per heavy atom. The summed E-state index contributed by atoms with van der Waals surface area (Å²) in [6.45, 7) is 0. The zero-order valence-electron chi connectivity index (χ0n) is 11.7. The standard InChI is InChI=1S/C20H17O/c21-20(18-14-8-3-9-15-18)19(16-10-4-1-5-11-16)17-12-6-2-7-13-17/h1-15,19-20H. The molecule has 1 radical (unpaired) electrons. The van der Waals surface area contributed by atoms with Crippen molar-refractivity contribution in [2.45, 2.75) is 12.0 Å². The second-order valence-electron chi connectivity index (χ2n) is 5.13. The Hall–Kier alpha value is -2.38. The highest BCUT2D eigenvalue weighted by Gasteiger charge is 2.25. The molecular weight excluding hydrogens is 256 g/mol. The van der Waals surface area contributed by atoms with Gasteiger partial charge in [-0.05, 0) is 16.7 Å². The SMILES string of the molecule is [O]C(c1ccccc1)C(c1ccccc1)c1ccccc1. The molecule has 0 N–H and O–H groups in total. The van der Waals surface area contributed by atoms with Crippen molar-refractivity contribution in [3.05, 3.63) is 108 Å². The molecule has 0 aliphatic carbocycles. The fourth-order valence-electron chi connectivity index (χ4n) is 2.70. The summed E-state index contributed by atoms with van der Waals surface area (Å²) in [6, 6.07) is 29.7. The molecule has 0 aliphatic heterocycles. The number of benzene rings is 3. The lowest BCUT2D eigenvalue weighted by atomic mass is 9.84. The second-order valence-corrected chi connectivity index (χ2v) is 5.13. The van der Waals surface area contributed by atoms with E-state index >= 15 is 0 Å². The molecule has 0 bridgehead atoms. The van der Waals surface area contributed by atoms with Crippen LogP contribution in [0.5, 0.6) is 0 Å². The van der Waals surface area contributed by atoms with Gasteiger partial charge in [0.1, 0.15) is 6.10 Å². The van der Waals surface area contributed by atoms with Crippen LogP contribution in [0.3, 0.4) is 0 Å². The second kappa shape index (κ2) is 6.38. The number of hydrogen-bond acceptors (Lipinski definition) is 0. The van der Waals surface area contributed by atoms with Gasteiger partial charge in [-0.2, -0.15) is 0 Å². The van der Waals surface area contributed by atoms with E-state index in [0.717, 1.165) is 16.7 Å². The summed E-state index contributed by atoms with van der Waals surface area (Å²) in [6.07, 6.45) is -0.809. The molecule has 0 saturated heterocycles. The molecule has 0 fully saturated rings. The maximum Gasteiger partial charge on any atom is 0.129 e. The first-order valence-corrected chi connectivity index (χ1v) is 7.17. The molecule has 3 aromatic carbocycles. The van der Waals surface area contributed by atoms with E-state index in [-0.39, 0.29) is 5.92 Å². The molecule has 0 spiro atoms. The molecule has 1 heteroatoms. The normalized spacial score (nSPS) is 12.3. The Labute approximate surface area is 125 Å². The molecule has 1 atom stereocenters. The van der Waals surface area contributed by atoms with Crippen LogP contribution >= 0.6 is 0 Å². The van der Waals surface area contributed by atoms with Crippen molar-refractivity contribution in [3.63, 3.8) is 0 Å². The summed E-state index contributed by atoms with van der Waals surface area (Å²) < 4.78 is 0. The van der Waals surface area contributed by atoms with Crippen molar-refractivity contribution in [2.24, 2.45) is 0 Å². The van der Waals surface area contributed by atoms with Gasteiger partial charge in [0, 0.05) is 5.92 Å². The smallest absolute Gasteiger partial charge is 0.129 e. The van der Waals surface area contributed by atoms with E-state index < -0.39 is 6.10 Å². The molecule has 0 aliphatic rings. The van der Waals surface area contributed by atoms with Crippen LogP contribution in [0.25, 0.3) is 0 Å². The molecular formula is C20H17O. The van der Waals surface area contributed by atoms with Gasteiger partial charge in [0.15, 0.2) is 0 Å². The molecule has 21 heavy (non-hydrogen) atoms. The number of hydrogen-bond donors (Lipinski definition) is 0. The van der Waals surface area contributed by atoms with E-state index in [2.05, 4.69) is 0 Å². The van der Waals surface area contributed by atoms with Gasteiger partial charge in [0.25, 0.3) is 0 Å². The Balaban J connectivity index is 2.05. The summed E-state index contributed by atoms with van der Waals surface area (Å²) in [5.41, 5.74) is 2.95. The summed E-state index contributed by atoms with van der Waals surface area (Å²) in [5, 5.41) is 13.0. The first-order valence-electron chi connectivity index (χ1n) is 7.17. The lowest BCUT2D eigenvalue weighted by Crippen LogP contribution is -2.11. The van der Waals surface area contributed by atoms with Gasteiger partial charge in [0.2, 0.25) is 0 Å². The predicted octanol–water partition coefficient (Wildman–Crippen LogP) is 4.99. The van der Waals surface area contributed by atoms with Crippen LogP contribution in [-0.2, 0) is 5.11 Å². The molecule has 0 saturated carbocycles. The first kappa shape index (κ1) is 13.6. The lowest BCUT2D eigenvalue weighted by Gasteiger charge is -2.22. The highest BCUT2D eigenvalue weighted by atomic mass is 16.3. The summed E-state index contributed by atoms with van der Waals surface area (Å²) in [7, 11) is 0. The third kappa shape index (κ3) is 3.04. The van der Waals surface area contributed by atoms with Crippen molar-refractivity contribution >= 4 is 0 Å². The van der Waals surface area contributed by atoms with Crippen molar-refractivity contribution in [1.82, 2.24) is 0 Å². The molecule has 103 valence electrons. The summed E-state index contributed by atoms with van der Waals surface area (Å²) >= 11 is 0. The van der Waals surface area contributed by atoms with Crippen LogP contribution in [-0.4, -0.2) is 0 Å². The maximum absolute atomic E-state index is 13.0. The Kier molecular flexibility index (Phi) is 4.13. The molecule has 0 aromatic heterocycles. The minimum absolute atomic E-state index is 0.171. The molecule has 0 amide bonds. The van der Waals surface area contributed by atoms with E-state index in [9.17, 15) is 5.11 Å². The topological polar surface area (TPSA) is 19.9 Å². The highest BCUT2D eigenvalue weighted by molar-refractivity contribution is 5.36. The van der Waals surface area contributed by atoms with E-state index in [1.165, 1.54) is 0 Å². The maximum atomic E-state index is 13.0. The molecule has 3 rings (SSSR count). The first-order chi connectivity index (χ1) is 10.4. The van der Waals surface area contributed by atoms with E-state index in [4.69, 9.17) is 0 Å². The van der Waals surface area contributed by atoms with Crippen molar-refractivity contribution in [1.29, 1.82) is 0 Å².